The first-order chi connectivity index (χ1) is 6.18. The molecule has 1 aliphatic carbocycles. The number of urea groups is 1. The van der Waals surface area contributed by atoms with Crippen molar-refractivity contribution >= 4 is 6.03 Å². The van der Waals surface area contributed by atoms with Crippen molar-refractivity contribution in [2.24, 2.45) is 11.5 Å². The van der Waals surface area contributed by atoms with Gasteiger partial charge in [0.1, 0.15) is 0 Å². The van der Waals surface area contributed by atoms with Gasteiger partial charge < -0.3 is 22.1 Å². The van der Waals surface area contributed by atoms with Crippen LogP contribution in [0.2, 0.25) is 0 Å². The Morgan fingerprint density at radius 1 is 1.38 bits per heavy atom. The fraction of sp³-hybridized carbons (Fsp3) is 0.875. The number of nitrogens with one attached hydrogen (secondary N) is 2. The first-order valence-corrected chi connectivity index (χ1v) is 4.70. The second kappa shape index (κ2) is 5.04. The van der Waals surface area contributed by atoms with Crippen molar-refractivity contribution in [3.8, 4) is 0 Å². The Balaban J connectivity index is 1.97. The Kier molecular flexibility index (Phi) is 3.98. The maximum atomic E-state index is 10.3. The van der Waals surface area contributed by atoms with Crippen LogP contribution in [0.4, 0.5) is 4.79 Å². The standard InChI is InChI=1S/C8H18N4O/c9-6-1-2-7(5-6)11-3-4-12-8(10)13/h6-7,11H,1-5,9H2,(H3,10,12,13). The van der Waals surface area contributed by atoms with Gasteiger partial charge in [-0.2, -0.15) is 0 Å². The van der Waals surface area contributed by atoms with Gasteiger partial charge in [0, 0.05) is 25.2 Å². The first-order valence-electron chi connectivity index (χ1n) is 4.70. The molecular weight excluding hydrogens is 168 g/mol. The van der Waals surface area contributed by atoms with E-state index in [9.17, 15) is 4.79 Å². The molecule has 6 N–H and O–H groups in total. The average Bonchev–Trinajstić information content (AvgIpc) is 2.45. The van der Waals surface area contributed by atoms with Gasteiger partial charge in [0.05, 0.1) is 0 Å². The molecule has 1 aliphatic rings. The predicted molar refractivity (Wildman–Crippen MR) is 51.2 cm³/mol. The first kappa shape index (κ1) is 10.3. The molecule has 1 rings (SSSR count). The van der Waals surface area contributed by atoms with Gasteiger partial charge in [-0.1, -0.05) is 0 Å². The van der Waals surface area contributed by atoms with E-state index in [2.05, 4.69) is 10.6 Å². The molecule has 2 atom stereocenters. The summed E-state index contributed by atoms with van der Waals surface area (Å²) in [5.41, 5.74) is 10.7. The number of rotatable bonds is 4. The summed E-state index contributed by atoms with van der Waals surface area (Å²) in [5.74, 6) is 0. The number of hydrogen-bond acceptors (Lipinski definition) is 3. The van der Waals surface area contributed by atoms with E-state index in [1.165, 1.54) is 0 Å². The number of hydrogen-bond donors (Lipinski definition) is 4. The third-order valence-electron chi connectivity index (χ3n) is 2.33. The van der Waals surface area contributed by atoms with Crippen molar-refractivity contribution in [2.75, 3.05) is 13.1 Å². The molecule has 1 fully saturated rings. The lowest BCUT2D eigenvalue weighted by molar-refractivity contribution is 0.249. The topological polar surface area (TPSA) is 93.2 Å². The van der Waals surface area contributed by atoms with Crippen molar-refractivity contribution < 1.29 is 4.79 Å². The maximum absolute atomic E-state index is 10.3. The van der Waals surface area contributed by atoms with Crippen LogP contribution in [0.5, 0.6) is 0 Å². The van der Waals surface area contributed by atoms with Crippen molar-refractivity contribution in [1.82, 2.24) is 10.6 Å². The lowest BCUT2D eigenvalue weighted by Crippen LogP contribution is -2.38. The van der Waals surface area contributed by atoms with Gasteiger partial charge in [-0.3, -0.25) is 0 Å². The Morgan fingerprint density at radius 3 is 2.69 bits per heavy atom. The third-order valence-corrected chi connectivity index (χ3v) is 2.33. The molecule has 0 aliphatic heterocycles. The summed E-state index contributed by atoms with van der Waals surface area (Å²) < 4.78 is 0. The Labute approximate surface area is 78.2 Å². The maximum Gasteiger partial charge on any atom is 0.312 e. The molecule has 5 nitrogen and oxygen atoms in total. The molecule has 0 aromatic heterocycles. The summed E-state index contributed by atoms with van der Waals surface area (Å²) in [7, 11) is 0. The highest BCUT2D eigenvalue weighted by Crippen LogP contribution is 2.16. The summed E-state index contributed by atoms with van der Waals surface area (Å²) in [6, 6.07) is 0.399. The minimum atomic E-state index is -0.468. The van der Waals surface area contributed by atoms with Gasteiger partial charge in [-0.15, -0.1) is 0 Å². The molecule has 2 amide bonds. The fourth-order valence-corrected chi connectivity index (χ4v) is 1.66. The molecule has 0 heterocycles. The molecule has 0 radical (unpaired) electrons. The highest BCUT2D eigenvalue weighted by Gasteiger charge is 2.20. The van der Waals surface area contributed by atoms with Gasteiger partial charge in [-0.25, -0.2) is 4.79 Å². The highest BCUT2D eigenvalue weighted by molar-refractivity contribution is 5.71. The molecule has 0 aromatic rings. The van der Waals surface area contributed by atoms with E-state index < -0.39 is 6.03 Å². The minimum absolute atomic E-state index is 0.349. The largest absolute Gasteiger partial charge is 0.352 e. The number of nitrogens with two attached hydrogens (primary N) is 2. The van der Waals surface area contributed by atoms with Crippen LogP contribution in [0, 0.1) is 0 Å². The van der Waals surface area contributed by atoms with Crippen LogP contribution in [0.1, 0.15) is 19.3 Å². The van der Waals surface area contributed by atoms with Gasteiger partial charge in [0.2, 0.25) is 0 Å². The number of amides is 2. The van der Waals surface area contributed by atoms with Crippen LogP contribution in [0.3, 0.4) is 0 Å². The highest BCUT2D eigenvalue weighted by atomic mass is 16.2. The van der Waals surface area contributed by atoms with Crippen LogP contribution >= 0.6 is 0 Å². The van der Waals surface area contributed by atoms with Gasteiger partial charge in [-0.05, 0) is 19.3 Å². The van der Waals surface area contributed by atoms with Gasteiger partial charge >= 0.3 is 6.03 Å². The predicted octanol–water partition coefficient (Wildman–Crippen LogP) is -0.876. The Hall–Kier alpha value is -0.810. The Morgan fingerprint density at radius 2 is 2.15 bits per heavy atom. The zero-order valence-corrected chi connectivity index (χ0v) is 7.75. The summed E-state index contributed by atoms with van der Waals surface area (Å²) in [6.07, 6.45) is 3.27. The van der Waals surface area contributed by atoms with E-state index in [0.29, 0.717) is 18.6 Å². The van der Waals surface area contributed by atoms with Crippen LogP contribution in [-0.4, -0.2) is 31.2 Å². The molecule has 13 heavy (non-hydrogen) atoms. The van der Waals surface area contributed by atoms with Crippen molar-refractivity contribution in [2.45, 2.75) is 31.3 Å². The van der Waals surface area contributed by atoms with E-state index in [1.807, 2.05) is 0 Å². The van der Waals surface area contributed by atoms with E-state index in [1.54, 1.807) is 0 Å². The fourth-order valence-electron chi connectivity index (χ4n) is 1.66. The van der Waals surface area contributed by atoms with Crippen LogP contribution in [-0.2, 0) is 0 Å². The van der Waals surface area contributed by atoms with Gasteiger partial charge in [0.25, 0.3) is 0 Å². The molecular formula is C8H18N4O. The zero-order valence-electron chi connectivity index (χ0n) is 7.75. The van der Waals surface area contributed by atoms with E-state index in [0.717, 1.165) is 25.8 Å². The minimum Gasteiger partial charge on any atom is -0.352 e. The lowest BCUT2D eigenvalue weighted by atomic mass is 10.2. The molecule has 0 saturated heterocycles. The molecule has 76 valence electrons. The number of carbonyl (C=O) groups excluding carboxylic acids is 1. The normalized spacial score (nSPS) is 27.5. The monoisotopic (exact) mass is 186 g/mol. The van der Waals surface area contributed by atoms with Crippen molar-refractivity contribution in [3.05, 3.63) is 0 Å². The number of primary amides is 1. The van der Waals surface area contributed by atoms with E-state index in [4.69, 9.17) is 11.5 Å². The van der Waals surface area contributed by atoms with Crippen molar-refractivity contribution in [3.63, 3.8) is 0 Å². The molecule has 5 heteroatoms. The average molecular weight is 186 g/mol. The molecule has 0 bridgehead atoms. The molecule has 0 spiro atoms. The SMILES string of the molecule is NC(=O)NCCNC1CCC(N)C1. The molecule has 1 saturated carbocycles. The van der Waals surface area contributed by atoms with E-state index >= 15 is 0 Å². The molecule has 2 unspecified atom stereocenters. The van der Waals surface area contributed by atoms with Crippen LogP contribution < -0.4 is 22.1 Å². The summed E-state index contributed by atoms with van der Waals surface area (Å²) in [6.45, 7) is 1.35. The summed E-state index contributed by atoms with van der Waals surface area (Å²) in [5, 5.41) is 5.84. The smallest absolute Gasteiger partial charge is 0.312 e. The second-order valence-corrected chi connectivity index (χ2v) is 3.52. The van der Waals surface area contributed by atoms with Gasteiger partial charge in [0.15, 0.2) is 0 Å². The molecule has 0 aromatic carbocycles. The third kappa shape index (κ3) is 4.10. The summed E-state index contributed by atoms with van der Waals surface area (Å²) in [4.78, 5) is 10.3. The zero-order chi connectivity index (χ0) is 9.68. The number of carbonyl (C=O) groups is 1. The lowest BCUT2D eigenvalue weighted by Gasteiger charge is -2.11. The van der Waals surface area contributed by atoms with Crippen LogP contribution in [0.15, 0.2) is 0 Å². The van der Waals surface area contributed by atoms with Crippen LogP contribution in [0.25, 0.3) is 0 Å². The Bertz CT molecular complexity index is 174. The van der Waals surface area contributed by atoms with Crippen molar-refractivity contribution in [1.29, 1.82) is 0 Å². The van der Waals surface area contributed by atoms with E-state index in [-0.39, 0.29) is 0 Å². The quantitative estimate of drug-likeness (QED) is 0.430. The summed E-state index contributed by atoms with van der Waals surface area (Å²) >= 11 is 0. The second-order valence-electron chi connectivity index (χ2n) is 3.52.